The van der Waals surface area contributed by atoms with Crippen molar-refractivity contribution >= 4 is 27.7 Å². The highest BCUT2D eigenvalue weighted by molar-refractivity contribution is 9.10. The van der Waals surface area contributed by atoms with E-state index >= 15 is 0 Å². The first-order chi connectivity index (χ1) is 15.1. The van der Waals surface area contributed by atoms with E-state index in [-0.39, 0.29) is 11.8 Å². The lowest BCUT2D eigenvalue weighted by atomic mass is 9.86. The second-order valence-corrected chi connectivity index (χ2v) is 9.69. The molecule has 1 fully saturated rings. The van der Waals surface area contributed by atoms with Gasteiger partial charge in [-0.2, -0.15) is 0 Å². The highest BCUT2D eigenvalue weighted by atomic mass is 79.9. The highest BCUT2D eigenvalue weighted by Gasteiger charge is 2.34. The van der Waals surface area contributed by atoms with Gasteiger partial charge in [0.1, 0.15) is 0 Å². The summed E-state index contributed by atoms with van der Waals surface area (Å²) in [6.45, 7) is 4.28. The van der Waals surface area contributed by atoms with Crippen molar-refractivity contribution in [2.24, 2.45) is 5.92 Å². The Labute approximate surface area is 193 Å². The maximum Gasteiger partial charge on any atom is 0.253 e. The summed E-state index contributed by atoms with van der Waals surface area (Å²) in [6, 6.07) is 16.4. The number of likely N-dealkylation sites (tertiary alicyclic amines) is 1. The van der Waals surface area contributed by atoms with Crippen LogP contribution in [-0.4, -0.2) is 47.3 Å². The van der Waals surface area contributed by atoms with Gasteiger partial charge in [-0.05, 0) is 73.9 Å². The Morgan fingerprint density at radius 3 is 2.35 bits per heavy atom. The van der Waals surface area contributed by atoms with Gasteiger partial charge in [-0.3, -0.25) is 9.59 Å². The number of aryl methyl sites for hydroxylation is 1. The van der Waals surface area contributed by atoms with Crippen LogP contribution < -0.4 is 0 Å². The summed E-state index contributed by atoms with van der Waals surface area (Å²) >= 11 is 3.42. The average molecular weight is 483 g/mol. The summed E-state index contributed by atoms with van der Waals surface area (Å²) in [5, 5.41) is 0. The lowest BCUT2D eigenvalue weighted by Gasteiger charge is -2.39. The van der Waals surface area contributed by atoms with Crippen LogP contribution in [0.4, 0.5) is 0 Å². The van der Waals surface area contributed by atoms with Crippen LogP contribution in [0.2, 0.25) is 0 Å². The van der Waals surface area contributed by atoms with Crippen molar-refractivity contribution in [3.8, 4) is 0 Å². The number of amides is 2. The quantitative estimate of drug-likeness (QED) is 0.594. The average Bonchev–Trinajstić information content (AvgIpc) is 2.82. The number of rotatable bonds is 5. The van der Waals surface area contributed by atoms with Crippen molar-refractivity contribution in [2.45, 2.75) is 51.5 Å². The molecule has 1 atom stereocenters. The number of hydrogen-bond donors (Lipinski definition) is 0. The summed E-state index contributed by atoms with van der Waals surface area (Å²) in [4.78, 5) is 30.4. The van der Waals surface area contributed by atoms with Gasteiger partial charge >= 0.3 is 0 Å². The molecule has 0 spiro atoms. The topological polar surface area (TPSA) is 40.6 Å². The third kappa shape index (κ3) is 5.03. The molecule has 1 aliphatic heterocycles. The molecule has 2 aromatic carbocycles. The molecule has 1 aliphatic carbocycles. The molecule has 4 nitrogen and oxygen atoms in total. The molecule has 2 aromatic rings. The molecule has 2 aliphatic rings. The van der Waals surface area contributed by atoms with Gasteiger partial charge in [0.15, 0.2) is 0 Å². The molecule has 0 saturated carbocycles. The number of carbonyl (C=O) groups excluding carboxylic acids is 2. The molecule has 2 amide bonds. The SMILES string of the molecule is CCCN(C(=O)C1CCN(C(=O)c2ccc(Br)cc2)CC1)C1CCc2ccccc2C1. The fourth-order valence-corrected chi connectivity index (χ4v) is 5.26. The van der Waals surface area contributed by atoms with E-state index in [1.165, 1.54) is 11.1 Å². The second-order valence-electron chi connectivity index (χ2n) is 8.77. The van der Waals surface area contributed by atoms with Gasteiger partial charge in [-0.1, -0.05) is 47.1 Å². The normalized spacial score (nSPS) is 19.0. The van der Waals surface area contributed by atoms with Crippen molar-refractivity contribution in [3.63, 3.8) is 0 Å². The first kappa shape index (κ1) is 22.1. The summed E-state index contributed by atoms with van der Waals surface area (Å²) in [6.07, 6.45) is 5.54. The van der Waals surface area contributed by atoms with E-state index in [0.717, 1.165) is 49.5 Å². The van der Waals surface area contributed by atoms with Crippen LogP contribution in [0.3, 0.4) is 0 Å². The summed E-state index contributed by atoms with van der Waals surface area (Å²) in [5.41, 5.74) is 3.53. The first-order valence-corrected chi connectivity index (χ1v) is 12.3. The van der Waals surface area contributed by atoms with Crippen LogP contribution in [0.25, 0.3) is 0 Å². The lowest BCUT2D eigenvalue weighted by molar-refractivity contribution is -0.139. The Morgan fingerprint density at radius 1 is 1.00 bits per heavy atom. The van der Waals surface area contributed by atoms with E-state index in [4.69, 9.17) is 0 Å². The number of halogens is 1. The Balaban J connectivity index is 1.38. The fourth-order valence-electron chi connectivity index (χ4n) is 5.00. The molecule has 0 aromatic heterocycles. The van der Waals surface area contributed by atoms with Gasteiger partial charge < -0.3 is 9.80 Å². The highest BCUT2D eigenvalue weighted by Crippen LogP contribution is 2.28. The second kappa shape index (κ2) is 9.99. The third-order valence-electron chi connectivity index (χ3n) is 6.73. The molecule has 0 N–H and O–H groups in total. The van der Waals surface area contributed by atoms with Crippen LogP contribution in [-0.2, 0) is 17.6 Å². The van der Waals surface area contributed by atoms with Gasteiger partial charge in [0.05, 0.1) is 0 Å². The van der Waals surface area contributed by atoms with Gasteiger partial charge in [-0.25, -0.2) is 0 Å². The minimum Gasteiger partial charge on any atom is -0.339 e. The number of hydrogen-bond acceptors (Lipinski definition) is 2. The molecule has 1 heterocycles. The smallest absolute Gasteiger partial charge is 0.253 e. The molecule has 31 heavy (non-hydrogen) atoms. The Morgan fingerprint density at radius 2 is 1.68 bits per heavy atom. The van der Waals surface area contributed by atoms with E-state index < -0.39 is 0 Å². The van der Waals surface area contributed by atoms with E-state index in [0.29, 0.717) is 30.6 Å². The van der Waals surface area contributed by atoms with Gasteiger partial charge in [-0.15, -0.1) is 0 Å². The van der Waals surface area contributed by atoms with Crippen LogP contribution in [0.1, 0.15) is 54.1 Å². The molecule has 1 saturated heterocycles. The molecule has 0 radical (unpaired) electrons. The molecule has 5 heteroatoms. The standard InChI is InChI=1S/C26H31BrN2O2/c1-2-15-29(24-12-9-19-5-3-4-6-22(19)18-24)26(31)21-13-16-28(17-14-21)25(30)20-7-10-23(27)11-8-20/h3-8,10-11,21,24H,2,9,12-18H2,1H3. The molecule has 164 valence electrons. The maximum absolute atomic E-state index is 13.5. The minimum atomic E-state index is 0.0256. The summed E-state index contributed by atoms with van der Waals surface area (Å²) in [7, 11) is 0. The fraction of sp³-hybridized carbons (Fsp3) is 0.462. The number of benzene rings is 2. The molecular formula is C26H31BrN2O2. The largest absolute Gasteiger partial charge is 0.339 e. The van der Waals surface area contributed by atoms with Crippen LogP contribution in [0.5, 0.6) is 0 Å². The third-order valence-corrected chi connectivity index (χ3v) is 7.26. The van der Waals surface area contributed by atoms with Gasteiger partial charge in [0.25, 0.3) is 5.91 Å². The zero-order chi connectivity index (χ0) is 21.8. The predicted molar refractivity (Wildman–Crippen MR) is 127 cm³/mol. The number of fused-ring (bicyclic) bond motifs is 1. The lowest BCUT2D eigenvalue weighted by Crippen LogP contribution is -2.49. The number of piperidine rings is 1. The molecule has 1 unspecified atom stereocenters. The maximum atomic E-state index is 13.5. The van der Waals surface area contributed by atoms with E-state index in [2.05, 4.69) is 52.0 Å². The Hall–Kier alpha value is -2.14. The molecule has 0 bridgehead atoms. The first-order valence-electron chi connectivity index (χ1n) is 11.5. The zero-order valence-corrected chi connectivity index (χ0v) is 19.8. The van der Waals surface area contributed by atoms with Crippen LogP contribution >= 0.6 is 15.9 Å². The molecule has 4 rings (SSSR count). The van der Waals surface area contributed by atoms with Crippen molar-refractivity contribution in [3.05, 3.63) is 69.7 Å². The van der Waals surface area contributed by atoms with Crippen molar-refractivity contribution in [1.82, 2.24) is 9.80 Å². The molecular weight excluding hydrogens is 452 g/mol. The zero-order valence-electron chi connectivity index (χ0n) is 18.2. The van der Waals surface area contributed by atoms with Crippen molar-refractivity contribution < 1.29 is 9.59 Å². The van der Waals surface area contributed by atoms with E-state index in [9.17, 15) is 9.59 Å². The number of carbonyl (C=O) groups is 2. The van der Waals surface area contributed by atoms with Gasteiger partial charge in [0.2, 0.25) is 5.91 Å². The van der Waals surface area contributed by atoms with Crippen molar-refractivity contribution in [1.29, 1.82) is 0 Å². The number of nitrogens with zero attached hydrogens (tertiary/aromatic N) is 2. The Kier molecular flexibility index (Phi) is 7.11. The minimum absolute atomic E-state index is 0.0256. The predicted octanol–water partition coefficient (Wildman–Crippen LogP) is 5.10. The van der Waals surface area contributed by atoms with E-state index in [1.54, 1.807) is 0 Å². The summed E-state index contributed by atoms with van der Waals surface area (Å²) < 4.78 is 0.967. The van der Waals surface area contributed by atoms with Crippen LogP contribution in [0.15, 0.2) is 53.0 Å². The summed E-state index contributed by atoms with van der Waals surface area (Å²) in [5.74, 6) is 0.382. The van der Waals surface area contributed by atoms with Gasteiger partial charge in [0, 0.05) is 41.6 Å². The van der Waals surface area contributed by atoms with E-state index in [1.807, 2.05) is 29.2 Å². The Bertz CT molecular complexity index is 919. The van der Waals surface area contributed by atoms with Crippen LogP contribution in [0, 0.1) is 5.92 Å². The van der Waals surface area contributed by atoms with Crippen molar-refractivity contribution in [2.75, 3.05) is 19.6 Å². The monoisotopic (exact) mass is 482 g/mol.